The minimum Gasteiger partial charge on any atom is -0.453 e. The first-order valence-electron chi connectivity index (χ1n) is 21.7. The van der Waals surface area contributed by atoms with Crippen molar-refractivity contribution in [2.24, 2.45) is 11.8 Å². The molecule has 6 atom stereocenters. The lowest BCUT2D eigenvalue weighted by Crippen LogP contribution is -2.54. The number of ether oxygens (including phenoxy) is 2. The highest BCUT2D eigenvalue weighted by atomic mass is 16.5. The van der Waals surface area contributed by atoms with Gasteiger partial charge in [-0.3, -0.25) is 24.1 Å². The summed E-state index contributed by atoms with van der Waals surface area (Å²) in [6, 6.07) is 18.9. The molecule has 4 aliphatic rings. The molecule has 0 spiro atoms. The van der Waals surface area contributed by atoms with Gasteiger partial charge in [-0.25, -0.2) is 9.59 Å². The van der Waals surface area contributed by atoms with Crippen molar-refractivity contribution in [1.82, 2.24) is 25.3 Å². The molecular formula is C47H59N7O8. The van der Waals surface area contributed by atoms with E-state index in [2.05, 4.69) is 56.9 Å². The van der Waals surface area contributed by atoms with Gasteiger partial charge in [-0.05, 0) is 115 Å². The van der Waals surface area contributed by atoms with Crippen molar-refractivity contribution in [2.75, 3.05) is 44.5 Å². The Morgan fingerprint density at radius 1 is 0.694 bits per heavy atom. The SMILES string of the molecule is COC(=O)NCC(=O)N1C[C@H](C)C[C@H]1C(=O)Nc1ccc(-c2ccc(-c3ccc(NC(=O)[C@@H]4CCCN4C(=O)[C@@H](NC(=O)OC)C(C)C)cc3)c3c2C2CCC3N2C(C)C)cc1. The van der Waals surface area contributed by atoms with E-state index in [1.165, 1.54) is 30.2 Å². The van der Waals surface area contributed by atoms with Gasteiger partial charge in [0.05, 0.1) is 14.2 Å². The molecule has 15 nitrogen and oxygen atoms in total. The van der Waals surface area contributed by atoms with E-state index < -0.39 is 30.3 Å². The molecule has 6 amide bonds. The molecule has 3 fully saturated rings. The number of hydrogen-bond acceptors (Lipinski definition) is 9. The number of amides is 6. The van der Waals surface area contributed by atoms with Crippen LogP contribution in [0.3, 0.4) is 0 Å². The number of hydrogen-bond donors (Lipinski definition) is 4. The summed E-state index contributed by atoms with van der Waals surface area (Å²) in [6.07, 6.45) is 2.48. The van der Waals surface area contributed by atoms with Gasteiger partial charge in [-0.15, -0.1) is 0 Å². The molecule has 330 valence electrons. The summed E-state index contributed by atoms with van der Waals surface area (Å²) < 4.78 is 9.32. The third-order valence-electron chi connectivity index (χ3n) is 12.8. The number of fused-ring (bicyclic) bond motifs is 5. The lowest BCUT2D eigenvalue weighted by molar-refractivity contribution is -0.139. The van der Waals surface area contributed by atoms with Crippen molar-refractivity contribution in [1.29, 1.82) is 0 Å². The fourth-order valence-electron chi connectivity index (χ4n) is 9.99. The van der Waals surface area contributed by atoms with Gasteiger partial charge >= 0.3 is 12.2 Å². The maximum absolute atomic E-state index is 13.6. The number of nitrogens with one attached hydrogen (secondary N) is 4. The maximum Gasteiger partial charge on any atom is 0.407 e. The van der Waals surface area contributed by atoms with E-state index in [9.17, 15) is 28.8 Å². The molecule has 3 saturated heterocycles. The number of nitrogens with zero attached hydrogens (tertiary/aromatic N) is 3. The second-order valence-corrected chi connectivity index (χ2v) is 17.6. The van der Waals surface area contributed by atoms with E-state index in [4.69, 9.17) is 4.74 Å². The van der Waals surface area contributed by atoms with Crippen LogP contribution in [0.1, 0.15) is 89.9 Å². The van der Waals surface area contributed by atoms with Crippen LogP contribution in [0.2, 0.25) is 0 Å². The predicted octanol–water partition coefficient (Wildman–Crippen LogP) is 6.46. The smallest absolute Gasteiger partial charge is 0.407 e. The number of carbonyl (C=O) groups is 6. The standard InChI is InChI=1S/C47H59N7O8/c1-26(2)42(51-47(60)62-7)45(58)52-22-8-9-37(52)43(56)49-31-14-10-29(11-15-31)33-18-19-34(41-36-21-20-35(40(33)41)54(36)27(3)4)30-12-16-32(17-13-30)50-44(57)38-23-28(5)25-53(38)39(55)24-48-46(59)61-6/h10-19,26-28,35-38,42H,8-9,20-25H2,1-7H3,(H,48,59)(H,49,56)(H,50,57)(H,51,60)/t28-,35?,36?,37+,38+,42+/m1/s1. The van der Waals surface area contributed by atoms with Crippen LogP contribution in [-0.4, -0.2) is 109 Å². The summed E-state index contributed by atoms with van der Waals surface area (Å²) in [5.41, 5.74) is 8.30. The van der Waals surface area contributed by atoms with Crippen molar-refractivity contribution in [3.63, 3.8) is 0 Å². The molecule has 15 heteroatoms. The summed E-state index contributed by atoms with van der Waals surface area (Å²) in [5.74, 6) is -1.23. The molecule has 62 heavy (non-hydrogen) atoms. The molecule has 0 aromatic heterocycles. The minimum atomic E-state index is -0.806. The lowest BCUT2D eigenvalue weighted by Gasteiger charge is -2.30. The molecule has 0 aliphatic carbocycles. The number of anilines is 2. The molecule has 0 saturated carbocycles. The zero-order valence-corrected chi connectivity index (χ0v) is 36.7. The first kappa shape index (κ1) is 44.1. The zero-order chi connectivity index (χ0) is 44.4. The highest BCUT2D eigenvalue weighted by Gasteiger charge is 2.47. The molecule has 2 unspecified atom stereocenters. The molecule has 4 aliphatic heterocycles. The molecule has 4 N–H and O–H groups in total. The van der Waals surface area contributed by atoms with E-state index in [0.717, 1.165) is 35.1 Å². The topological polar surface area (TPSA) is 179 Å². The minimum absolute atomic E-state index is 0.134. The quantitative estimate of drug-likeness (QED) is 0.159. The molecule has 0 radical (unpaired) electrons. The van der Waals surface area contributed by atoms with E-state index in [1.807, 2.05) is 69.3 Å². The maximum atomic E-state index is 13.6. The Balaban J connectivity index is 1.08. The van der Waals surface area contributed by atoms with Crippen LogP contribution < -0.4 is 21.3 Å². The second-order valence-electron chi connectivity index (χ2n) is 17.6. The summed E-state index contributed by atoms with van der Waals surface area (Å²) >= 11 is 0. The number of carbonyl (C=O) groups excluding carboxylic acids is 6. The fraction of sp³-hybridized carbons (Fsp3) is 0.489. The monoisotopic (exact) mass is 849 g/mol. The molecule has 3 aromatic carbocycles. The largest absolute Gasteiger partial charge is 0.453 e. The van der Waals surface area contributed by atoms with E-state index in [1.54, 1.807) is 4.90 Å². The van der Waals surface area contributed by atoms with Crippen LogP contribution in [0.5, 0.6) is 0 Å². The summed E-state index contributed by atoms with van der Waals surface area (Å²) in [4.78, 5) is 82.9. The Kier molecular flexibility index (Phi) is 13.2. The van der Waals surface area contributed by atoms with E-state index in [0.29, 0.717) is 49.8 Å². The Morgan fingerprint density at radius 2 is 1.23 bits per heavy atom. The van der Waals surface area contributed by atoms with Crippen LogP contribution in [-0.2, 0) is 28.7 Å². The molecule has 3 aromatic rings. The number of rotatable bonds is 12. The second kappa shape index (κ2) is 18.6. The zero-order valence-electron chi connectivity index (χ0n) is 36.7. The number of alkyl carbamates (subject to hydrolysis) is 2. The lowest BCUT2D eigenvalue weighted by atomic mass is 9.81. The average molecular weight is 850 g/mol. The van der Waals surface area contributed by atoms with Crippen LogP contribution in [0.25, 0.3) is 22.3 Å². The van der Waals surface area contributed by atoms with Crippen LogP contribution in [0.15, 0.2) is 60.7 Å². The number of benzene rings is 3. The van der Waals surface area contributed by atoms with Gasteiger partial charge in [-0.2, -0.15) is 0 Å². The van der Waals surface area contributed by atoms with Crippen molar-refractivity contribution >= 4 is 47.2 Å². The van der Waals surface area contributed by atoms with Crippen LogP contribution in [0.4, 0.5) is 21.0 Å². The van der Waals surface area contributed by atoms with Gasteiger partial charge in [0, 0.05) is 42.6 Å². The van der Waals surface area contributed by atoms with Crippen molar-refractivity contribution in [3.05, 3.63) is 71.8 Å². The predicted molar refractivity (Wildman–Crippen MR) is 235 cm³/mol. The highest BCUT2D eigenvalue weighted by molar-refractivity contribution is 6.00. The van der Waals surface area contributed by atoms with Crippen LogP contribution >= 0.6 is 0 Å². The summed E-state index contributed by atoms with van der Waals surface area (Å²) in [6.45, 7) is 10.8. The molecule has 4 heterocycles. The number of likely N-dealkylation sites (tertiary alicyclic amines) is 2. The first-order valence-corrected chi connectivity index (χ1v) is 21.7. The van der Waals surface area contributed by atoms with E-state index in [-0.39, 0.29) is 54.1 Å². The summed E-state index contributed by atoms with van der Waals surface area (Å²) in [7, 11) is 2.48. The molecule has 7 rings (SSSR count). The summed E-state index contributed by atoms with van der Waals surface area (Å²) in [5, 5.41) is 11.1. The number of methoxy groups -OCH3 is 2. The normalized spacial score (nSPS) is 22.0. The first-order chi connectivity index (χ1) is 29.7. The van der Waals surface area contributed by atoms with E-state index >= 15 is 0 Å². The van der Waals surface area contributed by atoms with Crippen molar-refractivity contribution < 1.29 is 38.2 Å². The van der Waals surface area contributed by atoms with Crippen molar-refractivity contribution in [2.45, 2.75) is 103 Å². The van der Waals surface area contributed by atoms with Crippen LogP contribution in [0, 0.1) is 11.8 Å². The average Bonchev–Trinajstić information content (AvgIpc) is 4.08. The van der Waals surface area contributed by atoms with Crippen molar-refractivity contribution in [3.8, 4) is 22.3 Å². The van der Waals surface area contributed by atoms with Gasteiger partial charge in [0.1, 0.15) is 24.7 Å². The third-order valence-corrected chi connectivity index (χ3v) is 12.8. The van der Waals surface area contributed by atoms with Gasteiger partial charge < -0.3 is 40.5 Å². The molecular weight excluding hydrogens is 791 g/mol. The van der Waals surface area contributed by atoms with Gasteiger partial charge in [-0.1, -0.05) is 57.2 Å². The highest BCUT2D eigenvalue weighted by Crippen LogP contribution is 2.59. The van der Waals surface area contributed by atoms with Gasteiger partial charge in [0.25, 0.3) is 0 Å². The Hall–Kier alpha value is -5.96. The Bertz CT molecular complexity index is 2190. The Morgan fingerprint density at radius 3 is 1.73 bits per heavy atom. The Labute approximate surface area is 363 Å². The molecule has 2 bridgehead atoms. The van der Waals surface area contributed by atoms with Gasteiger partial charge in [0.2, 0.25) is 23.6 Å². The van der Waals surface area contributed by atoms with Gasteiger partial charge in [0.15, 0.2) is 0 Å². The fourth-order valence-corrected chi connectivity index (χ4v) is 9.99. The third kappa shape index (κ3) is 8.85.